The van der Waals surface area contributed by atoms with Crippen molar-refractivity contribution in [1.82, 2.24) is 14.9 Å². The van der Waals surface area contributed by atoms with Gasteiger partial charge in [-0.3, -0.25) is 4.79 Å². The molecule has 7 nitrogen and oxygen atoms in total. The number of aromatic carboxylic acids is 1. The smallest absolute Gasteiger partial charge is 0.335 e. The predicted molar refractivity (Wildman–Crippen MR) is 97.3 cm³/mol. The minimum Gasteiger partial charge on any atom is -0.478 e. The third-order valence-corrected chi connectivity index (χ3v) is 4.53. The van der Waals surface area contributed by atoms with Crippen LogP contribution in [0.5, 0.6) is 0 Å². The van der Waals surface area contributed by atoms with Crippen LogP contribution in [0.1, 0.15) is 39.6 Å². The van der Waals surface area contributed by atoms with Crippen LogP contribution in [-0.4, -0.2) is 51.5 Å². The number of amides is 1. The van der Waals surface area contributed by atoms with E-state index in [-0.39, 0.29) is 11.5 Å². The Morgan fingerprint density at radius 3 is 2.50 bits per heavy atom. The number of hydrogen-bond acceptors (Lipinski definition) is 5. The van der Waals surface area contributed by atoms with Gasteiger partial charge in [0, 0.05) is 32.0 Å². The quantitative estimate of drug-likeness (QED) is 0.826. The van der Waals surface area contributed by atoms with Crippen LogP contribution in [0.25, 0.3) is 0 Å². The summed E-state index contributed by atoms with van der Waals surface area (Å²) in [4.78, 5) is 33.6. The van der Waals surface area contributed by atoms with E-state index in [0.29, 0.717) is 30.5 Å². The lowest BCUT2D eigenvalue weighted by molar-refractivity contribution is 0.0696. The third kappa shape index (κ3) is 4.17. The number of carbonyl (C=O) groups excluding carboxylic acids is 1. The molecule has 1 unspecified atom stereocenters. The van der Waals surface area contributed by atoms with Gasteiger partial charge in [0.15, 0.2) is 0 Å². The lowest BCUT2D eigenvalue weighted by Crippen LogP contribution is -2.29. The first-order chi connectivity index (χ1) is 12.6. The molecule has 1 atom stereocenters. The molecular formula is C19H22N4O3. The van der Waals surface area contributed by atoms with Gasteiger partial charge in [-0.1, -0.05) is 12.1 Å². The first-order valence-electron chi connectivity index (χ1n) is 8.74. The zero-order valence-corrected chi connectivity index (χ0v) is 14.7. The Kier molecular flexibility index (Phi) is 5.46. The Balaban J connectivity index is 1.57. The number of aromatic nitrogens is 2. The van der Waals surface area contributed by atoms with Crippen LogP contribution in [0, 0.1) is 5.92 Å². The molecule has 0 spiro atoms. The zero-order valence-electron chi connectivity index (χ0n) is 14.7. The van der Waals surface area contributed by atoms with Crippen LogP contribution >= 0.6 is 0 Å². The molecule has 2 N–H and O–H groups in total. The number of rotatable bonds is 6. The standard InChI is InChI=1S/C19H22N4O3/c1-2-20-19-21-10-16(11-22-19)17(24)23-8-7-14(12-23)9-13-3-5-15(6-4-13)18(25)26/h3-6,10-11,14H,2,7-9,12H2,1H3,(H,25,26)(H,20,21,22). The largest absolute Gasteiger partial charge is 0.478 e. The van der Waals surface area contributed by atoms with Gasteiger partial charge >= 0.3 is 5.97 Å². The van der Waals surface area contributed by atoms with E-state index in [1.807, 2.05) is 24.0 Å². The van der Waals surface area contributed by atoms with E-state index < -0.39 is 5.97 Å². The van der Waals surface area contributed by atoms with Crippen LogP contribution in [0.2, 0.25) is 0 Å². The lowest BCUT2D eigenvalue weighted by Gasteiger charge is -2.16. The number of nitrogens with zero attached hydrogens (tertiary/aromatic N) is 3. The van der Waals surface area contributed by atoms with Crippen LogP contribution in [0.4, 0.5) is 5.95 Å². The highest BCUT2D eigenvalue weighted by atomic mass is 16.4. The second-order valence-electron chi connectivity index (χ2n) is 6.44. The highest BCUT2D eigenvalue weighted by molar-refractivity contribution is 5.93. The summed E-state index contributed by atoms with van der Waals surface area (Å²) in [5.74, 6) is -0.0712. The van der Waals surface area contributed by atoms with Crippen LogP contribution in [0.3, 0.4) is 0 Å². The van der Waals surface area contributed by atoms with Gasteiger partial charge in [0.2, 0.25) is 5.95 Å². The van der Waals surface area contributed by atoms with Crippen molar-refractivity contribution in [3.63, 3.8) is 0 Å². The summed E-state index contributed by atoms with van der Waals surface area (Å²) in [6.07, 6.45) is 4.89. The van der Waals surface area contributed by atoms with Gasteiger partial charge in [0.25, 0.3) is 5.91 Å². The van der Waals surface area contributed by atoms with Crippen LogP contribution in [-0.2, 0) is 6.42 Å². The molecule has 2 heterocycles. The summed E-state index contributed by atoms with van der Waals surface area (Å²) in [5.41, 5.74) is 1.88. The maximum Gasteiger partial charge on any atom is 0.335 e. The number of likely N-dealkylation sites (tertiary alicyclic amines) is 1. The first-order valence-corrected chi connectivity index (χ1v) is 8.74. The molecule has 0 radical (unpaired) electrons. The van der Waals surface area contributed by atoms with Gasteiger partial charge < -0.3 is 15.3 Å². The van der Waals surface area contributed by atoms with E-state index in [1.165, 1.54) is 0 Å². The monoisotopic (exact) mass is 354 g/mol. The second kappa shape index (κ2) is 7.95. The summed E-state index contributed by atoms with van der Waals surface area (Å²) in [6.45, 7) is 4.09. The summed E-state index contributed by atoms with van der Waals surface area (Å²) >= 11 is 0. The fourth-order valence-corrected chi connectivity index (χ4v) is 3.17. The minimum atomic E-state index is -0.920. The number of benzene rings is 1. The molecule has 1 amide bonds. The highest BCUT2D eigenvalue weighted by Crippen LogP contribution is 2.22. The summed E-state index contributed by atoms with van der Waals surface area (Å²) in [7, 11) is 0. The number of carboxylic acids is 1. The van der Waals surface area contributed by atoms with E-state index in [2.05, 4.69) is 15.3 Å². The fourth-order valence-electron chi connectivity index (χ4n) is 3.17. The average molecular weight is 354 g/mol. The average Bonchev–Trinajstić information content (AvgIpc) is 3.11. The van der Waals surface area contributed by atoms with Crippen molar-refractivity contribution in [2.75, 3.05) is 25.0 Å². The minimum absolute atomic E-state index is 0.0447. The first kappa shape index (κ1) is 17.8. The highest BCUT2D eigenvalue weighted by Gasteiger charge is 2.27. The number of hydrogen-bond donors (Lipinski definition) is 2. The van der Waals surface area contributed by atoms with E-state index in [9.17, 15) is 9.59 Å². The topological polar surface area (TPSA) is 95.4 Å². The van der Waals surface area contributed by atoms with E-state index in [1.54, 1.807) is 24.5 Å². The fraction of sp³-hybridized carbons (Fsp3) is 0.368. The van der Waals surface area contributed by atoms with Crippen LogP contribution < -0.4 is 5.32 Å². The summed E-state index contributed by atoms with van der Waals surface area (Å²) in [6, 6.07) is 6.94. The van der Waals surface area contributed by atoms with E-state index >= 15 is 0 Å². The molecule has 7 heteroatoms. The van der Waals surface area contributed by atoms with E-state index in [0.717, 1.165) is 24.9 Å². The molecule has 1 aliphatic heterocycles. The van der Waals surface area contributed by atoms with Crippen molar-refractivity contribution in [2.24, 2.45) is 5.92 Å². The van der Waals surface area contributed by atoms with Crippen molar-refractivity contribution >= 4 is 17.8 Å². The Hall–Kier alpha value is -2.96. The molecule has 1 aromatic carbocycles. The van der Waals surface area contributed by atoms with Crippen molar-refractivity contribution in [2.45, 2.75) is 19.8 Å². The molecule has 1 fully saturated rings. The molecule has 26 heavy (non-hydrogen) atoms. The number of nitrogens with one attached hydrogen (secondary N) is 1. The van der Waals surface area contributed by atoms with E-state index in [4.69, 9.17) is 5.11 Å². The normalized spacial score (nSPS) is 16.5. The van der Waals surface area contributed by atoms with Gasteiger partial charge in [-0.15, -0.1) is 0 Å². The maximum absolute atomic E-state index is 12.6. The maximum atomic E-state index is 12.6. The van der Waals surface area contributed by atoms with Crippen molar-refractivity contribution < 1.29 is 14.7 Å². The van der Waals surface area contributed by atoms with Gasteiger partial charge in [0.05, 0.1) is 11.1 Å². The molecular weight excluding hydrogens is 332 g/mol. The third-order valence-electron chi connectivity index (χ3n) is 4.53. The number of carbonyl (C=O) groups is 2. The Labute approximate surface area is 152 Å². The zero-order chi connectivity index (χ0) is 18.5. The molecule has 3 rings (SSSR count). The Morgan fingerprint density at radius 1 is 1.19 bits per heavy atom. The molecule has 2 aromatic rings. The molecule has 0 bridgehead atoms. The molecule has 1 aliphatic rings. The number of carboxylic acid groups (broad SMARTS) is 1. The molecule has 0 saturated carbocycles. The Morgan fingerprint density at radius 2 is 1.88 bits per heavy atom. The SMILES string of the molecule is CCNc1ncc(C(=O)N2CCC(Cc3ccc(C(=O)O)cc3)C2)cn1. The molecule has 136 valence electrons. The van der Waals surface area contributed by atoms with Gasteiger partial charge in [-0.25, -0.2) is 14.8 Å². The van der Waals surface area contributed by atoms with Crippen molar-refractivity contribution in [1.29, 1.82) is 0 Å². The number of anilines is 1. The lowest BCUT2D eigenvalue weighted by atomic mass is 9.98. The van der Waals surface area contributed by atoms with Gasteiger partial charge in [-0.05, 0) is 43.4 Å². The second-order valence-corrected chi connectivity index (χ2v) is 6.44. The van der Waals surface area contributed by atoms with Crippen molar-refractivity contribution in [3.8, 4) is 0 Å². The van der Waals surface area contributed by atoms with Crippen molar-refractivity contribution in [3.05, 3.63) is 53.3 Å². The van der Waals surface area contributed by atoms with Crippen LogP contribution in [0.15, 0.2) is 36.7 Å². The summed E-state index contributed by atoms with van der Waals surface area (Å²) < 4.78 is 0. The Bertz CT molecular complexity index is 774. The molecule has 1 aromatic heterocycles. The molecule has 1 saturated heterocycles. The van der Waals surface area contributed by atoms with Gasteiger partial charge in [-0.2, -0.15) is 0 Å². The predicted octanol–water partition coefficient (Wildman–Crippen LogP) is 2.31. The molecule has 0 aliphatic carbocycles. The summed E-state index contributed by atoms with van der Waals surface area (Å²) in [5, 5.41) is 12.0. The van der Waals surface area contributed by atoms with Gasteiger partial charge in [0.1, 0.15) is 0 Å².